The van der Waals surface area contributed by atoms with Crippen molar-refractivity contribution < 1.29 is 0 Å². The molecule has 1 aliphatic rings. The Kier molecular flexibility index (Phi) is 2.82. The van der Waals surface area contributed by atoms with Crippen LogP contribution in [0.4, 0.5) is 0 Å². The number of imidazole rings is 1. The van der Waals surface area contributed by atoms with Crippen molar-refractivity contribution in [2.45, 2.75) is 19.9 Å². The quantitative estimate of drug-likeness (QED) is 0.740. The largest absolute Gasteiger partial charge is 0.327 e. The highest BCUT2D eigenvalue weighted by Crippen LogP contribution is 2.30. The number of nitrogens with one attached hydrogen (secondary N) is 1. The lowest BCUT2D eigenvalue weighted by Gasteiger charge is -2.20. The first-order valence-corrected chi connectivity index (χ1v) is 7.49. The molecule has 0 saturated carbocycles. The lowest BCUT2D eigenvalue weighted by atomic mass is 9.95. The standard InChI is InChI=1S/C18H19N3/c1-12-5-3-8-16-17(12)21(2)18(20-16)15-7-4-6-13-11-19-10-9-14(13)15/h3-8,19H,9-11H2,1-2H3. The monoisotopic (exact) mass is 277 g/mol. The number of aromatic nitrogens is 2. The third-order valence-corrected chi connectivity index (χ3v) is 4.48. The number of hydrogen-bond donors (Lipinski definition) is 1. The molecule has 0 unspecified atom stereocenters. The molecule has 0 aliphatic carbocycles. The lowest BCUT2D eigenvalue weighted by molar-refractivity contribution is 0.644. The van der Waals surface area contributed by atoms with E-state index in [9.17, 15) is 0 Å². The fourth-order valence-corrected chi connectivity index (χ4v) is 3.45. The van der Waals surface area contributed by atoms with Gasteiger partial charge in [-0.15, -0.1) is 0 Å². The first-order valence-electron chi connectivity index (χ1n) is 7.49. The van der Waals surface area contributed by atoms with E-state index in [-0.39, 0.29) is 0 Å². The van der Waals surface area contributed by atoms with Crippen LogP contribution in [0.25, 0.3) is 22.4 Å². The Balaban J connectivity index is 1.99. The number of fused-ring (bicyclic) bond motifs is 2. The van der Waals surface area contributed by atoms with E-state index < -0.39 is 0 Å². The van der Waals surface area contributed by atoms with E-state index in [0.717, 1.165) is 30.9 Å². The van der Waals surface area contributed by atoms with Crippen molar-refractivity contribution in [2.75, 3.05) is 6.54 Å². The maximum atomic E-state index is 4.89. The molecule has 3 nitrogen and oxygen atoms in total. The molecule has 0 amide bonds. The van der Waals surface area contributed by atoms with Crippen LogP contribution in [0.5, 0.6) is 0 Å². The zero-order valence-electron chi connectivity index (χ0n) is 12.5. The van der Waals surface area contributed by atoms with Gasteiger partial charge in [0, 0.05) is 19.2 Å². The molecule has 0 spiro atoms. The first-order chi connectivity index (χ1) is 10.3. The molecule has 3 heteroatoms. The Bertz CT molecular complexity index is 830. The fraction of sp³-hybridized carbons (Fsp3) is 0.278. The predicted octanol–water partition coefficient (Wildman–Crippen LogP) is 3.19. The number of hydrogen-bond acceptors (Lipinski definition) is 2. The van der Waals surface area contributed by atoms with E-state index >= 15 is 0 Å². The Morgan fingerprint density at radius 3 is 2.86 bits per heavy atom. The molecule has 1 aromatic heterocycles. The maximum absolute atomic E-state index is 4.89. The SMILES string of the molecule is Cc1cccc2nc(-c3cccc4c3CCNC4)n(C)c12. The van der Waals surface area contributed by atoms with Crippen molar-refractivity contribution in [3.63, 3.8) is 0 Å². The molecule has 0 radical (unpaired) electrons. The van der Waals surface area contributed by atoms with Crippen LogP contribution in [0, 0.1) is 6.92 Å². The Labute approximate surface area is 124 Å². The third kappa shape index (κ3) is 1.88. The van der Waals surface area contributed by atoms with Gasteiger partial charge in [0.05, 0.1) is 11.0 Å². The minimum absolute atomic E-state index is 0.964. The zero-order chi connectivity index (χ0) is 14.4. The molecular formula is C18H19N3. The van der Waals surface area contributed by atoms with Crippen molar-refractivity contribution in [3.05, 3.63) is 53.1 Å². The summed E-state index contributed by atoms with van der Waals surface area (Å²) < 4.78 is 2.24. The second kappa shape index (κ2) is 4.71. The molecule has 106 valence electrons. The van der Waals surface area contributed by atoms with E-state index in [1.807, 2.05) is 0 Å². The Morgan fingerprint density at radius 2 is 2.00 bits per heavy atom. The van der Waals surface area contributed by atoms with Gasteiger partial charge in [-0.2, -0.15) is 0 Å². The van der Waals surface area contributed by atoms with E-state index in [2.05, 4.69) is 60.3 Å². The molecule has 0 bridgehead atoms. The van der Waals surface area contributed by atoms with Crippen molar-refractivity contribution in [1.29, 1.82) is 0 Å². The van der Waals surface area contributed by atoms with Crippen LogP contribution in [-0.2, 0) is 20.0 Å². The van der Waals surface area contributed by atoms with Crippen LogP contribution in [-0.4, -0.2) is 16.1 Å². The van der Waals surface area contributed by atoms with E-state index in [0.29, 0.717) is 0 Å². The van der Waals surface area contributed by atoms with Gasteiger partial charge in [-0.3, -0.25) is 0 Å². The average Bonchev–Trinajstić information content (AvgIpc) is 2.85. The van der Waals surface area contributed by atoms with Gasteiger partial charge in [0.15, 0.2) is 0 Å². The average molecular weight is 277 g/mol. The van der Waals surface area contributed by atoms with E-state index in [1.54, 1.807) is 0 Å². The summed E-state index contributed by atoms with van der Waals surface area (Å²) in [6.45, 7) is 4.16. The van der Waals surface area contributed by atoms with Crippen molar-refractivity contribution >= 4 is 11.0 Å². The van der Waals surface area contributed by atoms with Crippen LogP contribution in [0.3, 0.4) is 0 Å². The maximum Gasteiger partial charge on any atom is 0.141 e. The highest BCUT2D eigenvalue weighted by atomic mass is 15.1. The number of rotatable bonds is 1. The summed E-state index contributed by atoms with van der Waals surface area (Å²) in [6.07, 6.45) is 1.08. The number of nitrogens with zero attached hydrogens (tertiary/aromatic N) is 2. The topological polar surface area (TPSA) is 29.9 Å². The van der Waals surface area contributed by atoms with Gasteiger partial charge in [0.1, 0.15) is 5.82 Å². The third-order valence-electron chi connectivity index (χ3n) is 4.48. The van der Waals surface area contributed by atoms with Gasteiger partial charge in [-0.1, -0.05) is 30.3 Å². The molecule has 1 N–H and O–H groups in total. The Hall–Kier alpha value is -2.13. The molecule has 0 fully saturated rings. The molecule has 2 aromatic carbocycles. The highest BCUT2D eigenvalue weighted by Gasteiger charge is 2.18. The highest BCUT2D eigenvalue weighted by molar-refractivity contribution is 5.84. The van der Waals surface area contributed by atoms with E-state index in [4.69, 9.17) is 4.98 Å². The van der Waals surface area contributed by atoms with Gasteiger partial charge in [-0.25, -0.2) is 4.98 Å². The number of aryl methyl sites for hydroxylation is 2. The van der Waals surface area contributed by atoms with Crippen molar-refractivity contribution in [2.24, 2.45) is 7.05 Å². The van der Waals surface area contributed by atoms with Crippen molar-refractivity contribution in [3.8, 4) is 11.4 Å². The van der Waals surface area contributed by atoms with Crippen LogP contribution in [0.15, 0.2) is 36.4 Å². The Morgan fingerprint density at radius 1 is 1.14 bits per heavy atom. The molecule has 0 atom stereocenters. The summed E-state index contributed by atoms with van der Waals surface area (Å²) in [5.41, 5.74) is 7.74. The normalized spacial score (nSPS) is 14.4. The molecule has 1 aliphatic heterocycles. The predicted molar refractivity (Wildman–Crippen MR) is 86.3 cm³/mol. The van der Waals surface area contributed by atoms with E-state index in [1.165, 1.54) is 27.8 Å². The van der Waals surface area contributed by atoms with Gasteiger partial charge in [-0.05, 0) is 42.6 Å². The smallest absolute Gasteiger partial charge is 0.141 e. The minimum atomic E-state index is 0.964. The van der Waals surface area contributed by atoms with Crippen molar-refractivity contribution in [1.82, 2.24) is 14.9 Å². The van der Waals surface area contributed by atoms with Gasteiger partial charge in [0.25, 0.3) is 0 Å². The molecule has 4 rings (SSSR count). The molecule has 0 saturated heterocycles. The second-order valence-corrected chi connectivity index (χ2v) is 5.81. The summed E-state index contributed by atoms with van der Waals surface area (Å²) in [5, 5.41) is 3.44. The summed E-state index contributed by atoms with van der Waals surface area (Å²) in [6, 6.07) is 12.9. The van der Waals surface area contributed by atoms with Crippen LogP contribution >= 0.6 is 0 Å². The zero-order valence-corrected chi connectivity index (χ0v) is 12.5. The number of para-hydroxylation sites is 1. The van der Waals surface area contributed by atoms with Gasteiger partial charge >= 0.3 is 0 Å². The number of benzene rings is 2. The van der Waals surface area contributed by atoms with Gasteiger partial charge < -0.3 is 9.88 Å². The molecular weight excluding hydrogens is 258 g/mol. The molecule has 3 aromatic rings. The summed E-state index contributed by atoms with van der Waals surface area (Å²) in [4.78, 5) is 4.89. The van der Waals surface area contributed by atoms with Crippen LogP contribution in [0.2, 0.25) is 0 Å². The fourth-order valence-electron chi connectivity index (χ4n) is 3.45. The molecule has 21 heavy (non-hydrogen) atoms. The minimum Gasteiger partial charge on any atom is -0.327 e. The van der Waals surface area contributed by atoms with Crippen LogP contribution < -0.4 is 5.32 Å². The second-order valence-electron chi connectivity index (χ2n) is 5.81. The first kappa shape index (κ1) is 12.6. The summed E-state index contributed by atoms with van der Waals surface area (Å²) >= 11 is 0. The molecule has 2 heterocycles. The summed E-state index contributed by atoms with van der Waals surface area (Å²) in [7, 11) is 2.12. The lowest BCUT2D eigenvalue weighted by Crippen LogP contribution is -2.24. The summed E-state index contributed by atoms with van der Waals surface area (Å²) in [5.74, 6) is 1.08. The van der Waals surface area contributed by atoms with Gasteiger partial charge in [0.2, 0.25) is 0 Å². The van der Waals surface area contributed by atoms with Crippen LogP contribution in [0.1, 0.15) is 16.7 Å².